The highest BCUT2D eigenvalue weighted by atomic mass is 32.2. The van der Waals surface area contributed by atoms with Crippen LogP contribution < -0.4 is 0 Å². The van der Waals surface area contributed by atoms with Crippen LogP contribution in [0, 0.1) is 16.7 Å². The highest BCUT2D eigenvalue weighted by Gasteiger charge is 2.64. The molecule has 2 rings (SSSR count). The Bertz CT molecular complexity index is 537. The molecule has 20 heavy (non-hydrogen) atoms. The largest absolute Gasteiger partial charge is 0.465 e. The molecule has 2 saturated carbocycles. The van der Waals surface area contributed by atoms with E-state index < -0.39 is 38.3 Å². The molecule has 2 bridgehead atoms. The maximum atomic E-state index is 13.3. The van der Waals surface area contributed by atoms with Gasteiger partial charge in [0.2, 0.25) is 0 Å². The lowest BCUT2D eigenvalue weighted by molar-refractivity contribution is -0.182. The lowest BCUT2D eigenvalue weighted by Gasteiger charge is -2.41. The van der Waals surface area contributed by atoms with E-state index in [-0.39, 0.29) is 5.92 Å². The summed E-state index contributed by atoms with van der Waals surface area (Å²) in [5.41, 5.74) is -0.906. The monoisotopic (exact) mass is 312 g/mol. The second-order valence-electron chi connectivity index (χ2n) is 6.69. The van der Waals surface area contributed by atoms with Gasteiger partial charge in [0, 0.05) is 10.8 Å². The third kappa shape index (κ3) is 2.04. The van der Waals surface area contributed by atoms with Crippen molar-refractivity contribution in [1.82, 2.24) is 0 Å². The number of fused-ring (bicyclic) bond motifs is 2. The van der Waals surface area contributed by atoms with Crippen LogP contribution in [0.2, 0.25) is 0 Å². The van der Waals surface area contributed by atoms with Crippen molar-refractivity contribution in [2.24, 2.45) is 16.7 Å². The van der Waals surface area contributed by atoms with Crippen LogP contribution in [-0.2, 0) is 19.6 Å². The SMILES string of the molecule is CC12CCC(C1)C(C)(C)C2OC(=O)C(F)(F)S(=O)(=O)O. The molecule has 0 aromatic carbocycles. The summed E-state index contributed by atoms with van der Waals surface area (Å²) >= 11 is 0. The molecular formula is C12H18F2O5S. The number of carbonyl (C=O) groups excluding carboxylic acids is 1. The van der Waals surface area contributed by atoms with Crippen LogP contribution in [0.5, 0.6) is 0 Å². The van der Waals surface area contributed by atoms with Crippen molar-refractivity contribution in [2.75, 3.05) is 0 Å². The summed E-state index contributed by atoms with van der Waals surface area (Å²) in [6, 6.07) is 0. The summed E-state index contributed by atoms with van der Waals surface area (Å²) in [6.45, 7) is 5.50. The van der Waals surface area contributed by atoms with Crippen molar-refractivity contribution in [3.8, 4) is 0 Å². The van der Waals surface area contributed by atoms with Gasteiger partial charge in [-0.05, 0) is 25.2 Å². The van der Waals surface area contributed by atoms with Crippen LogP contribution in [-0.4, -0.2) is 30.3 Å². The highest BCUT2D eigenvalue weighted by molar-refractivity contribution is 7.87. The molecule has 0 aromatic rings. The van der Waals surface area contributed by atoms with E-state index in [0.29, 0.717) is 0 Å². The Morgan fingerprint density at radius 2 is 1.90 bits per heavy atom. The van der Waals surface area contributed by atoms with Crippen LogP contribution in [0.4, 0.5) is 8.78 Å². The summed E-state index contributed by atoms with van der Waals surface area (Å²) in [5, 5.41) is -4.93. The maximum Gasteiger partial charge on any atom is 0.465 e. The van der Waals surface area contributed by atoms with Crippen molar-refractivity contribution in [3.05, 3.63) is 0 Å². The summed E-state index contributed by atoms with van der Waals surface area (Å²) in [4.78, 5) is 11.5. The number of esters is 1. The first-order valence-corrected chi connectivity index (χ1v) is 7.82. The molecule has 0 saturated heterocycles. The van der Waals surface area contributed by atoms with Gasteiger partial charge in [-0.15, -0.1) is 0 Å². The first kappa shape index (κ1) is 15.6. The Labute approximate surface area is 116 Å². The van der Waals surface area contributed by atoms with Crippen molar-refractivity contribution in [2.45, 2.75) is 51.4 Å². The van der Waals surface area contributed by atoms with Gasteiger partial charge in [-0.3, -0.25) is 4.55 Å². The molecule has 0 aliphatic heterocycles. The van der Waals surface area contributed by atoms with Crippen molar-refractivity contribution in [3.63, 3.8) is 0 Å². The summed E-state index contributed by atoms with van der Waals surface area (Å²) in [6.07, 6.45) is 1.66. The van der Waals surface area contributed by atoms with Crippen molar-refractivity contribution < 1.29 is 31.3 Å². The molecular weight excluding hydrogens is 294 g/mol. The first-order chi connectivity index (χ1) is 8.82. The van der Waals surface area contributed by atoms with Crippen LogP contribution >= 0.6 is 0 Å². The number of carbonyl (C=O) groups is 1. The van der Waals surface area contributed by atoms with E-state index in [1.807, 2.05) is 20.8 Å². The minimum atomic E-state index is -5.82. The second-order valence-corrected chi connectivity index (χ2v) is 8.16. The van der Waals surface area contributed by atoms with Gasteiger partial charge >= 0.3 is 21.3 Å². The Morgan fingerprint density at radius 1 is 1.35 bits per heavy atom. The van der Waals surface area contributed by atoms with E-state index in [9.17, 15) is 22.0 Å². The molecule has 2 aliphatic rings. The lowest BCUT2D eigenvalue weighted by atomic mass is 9.70. The highest BCUT2D eigenvalue weighted by Crippen LogP contribution is 2.63. The predicted octanol–water partition coefficient (Wildman–Crippen LogP) is 2.23. The van der Waals surface area contributed by atoms with Gasteiger partial charge in [0.1, 0.15) is 6.10 Å². The predicted molar refractivity (Wildman–Crippen MR) is 65.6 cm³/mol. The van der Waals surface area contributed by atoms with Gasteiger partial charge in [0.25, 0.3) is 0 Å². The quantitative estimate of drug-likeness (QED) is 0.638. The van der Waals surface area contributed by atoms with Crippen molar-refractivity contribution in [1.29, 1.82) is 0 Å². The maximum absolute atomic E-state index is 13.3. The first-order valence-electron chi connectivity index (χ1n) is 6.38. The zero-order valence-electron chi connectivity index (χ0n) is 11.5. The molecule has 2 fully saturated rings. The summed E-state index contributed by atoms with van der Waals surface area (Å²) in [7, 11) is -5.82. The molecule has 3 unspecified atom stereocenters. The van der Waals surface area contributed by atoms with E-state index in [0.717, 1.165) is 19.3 Å². The van der Waals surface area contributed by atoms with Crippen LogP contribution in [0.3, 0.4) is 0 Å². The van der Waals surface area contributed by atoms with E-state index in [1.54, 1.807) is 0 Å². The fourth-order valence-corrected chi connectivity index (χ4v) is 4.09. The minimum Gasteiger partial charge on any atom is -0.456 e. The Morgan fingerprint density at radius 3 is 2.30 bits per heavy atom. The van der Waals surface area contributed by atoms with Gasteiger partial charge in [-0.1, -0.05) is 20.8 Å². The van der Waals surface area contributed by atoms with Crippen LogP contribution in [0.25, 0.3) is 0 Å². The third-order valence-corrected chi connectivity index (χ3v) is 5.74. The third-order valence-electron chi connectivity index (χ3n) is 4.92. The Kier molecular flexibility index (Phi) is 3.22. The zero-order chi connectivity index (χ0) is 15.6. The normalized spacial score (nSPS) is 36.1. The molecule has 0 amide bonds. The standard InChI is InChI=1S/C12H18F2O5S/c1-10(2)7-4-5-11(3,6-7)8(10)19-9(15)12(13,14)20(16,17)18/h7-8H,4-6H2,1-3H3,(H,16,17,18). The molecule has 8 heteroatoms. The van der Waals surface area contributed by atoms with Gasteiger partial charge in [-0.25, -0.2) is 4.79 Å². The number of hydrogen-bond donors (Lipinski definition) is 1. The second kappa shape index (κ2) is 4.13. The molecule has 116 valence electrons. The molecule has 1 N–H and O–H groups in total. The lowest BCUT2D eigenvalue weighted by Crippen LogP contribution is -2.48. The average molecular weight is 312 g/mol. The molecule has 5 nitrogen and oxygen atoms in total. The Balaban J connectivity index is 2.25. The molecule has 0 radical (unpaired) electrons. The number of halogens is 2. The van der Waals surface area contributed by atoms with Gasteiger partial charge < -0.3 is 4.74 Å². The molecule has 3 atom stereocenters. The van der Waals surface area contributed by atoms with Gasteiger partial charge in [-0.2, -0.15) is 17.2 Å². The average Bonchev–Trinajstić information content (AvgIpc) is 2.73. The van der Waals surface area contributed by atoms with Gasteiger partial charge in [0.15, 0.2) is 0 Å². The van der Waals surface area contributed by atoms with E-state index >= 15 is 0 Å². The molecule has 0 aromatic heterocycles. The zero-order valence-corrected chi connectivity index (χ0v) is 12.3. The fraction of sp³-hybridized carbons (Fsp3) is 0.917. The Hall–Kier alpha value is -0.760. The summed E-state index contributed by atoms with van der Waals surface area (Å²) in [5.74, 6) is -1.95. The van der Waals surface area contributed by atoms with Gasteiger partial charge in [0.05, 0.1) is 0 Å². The number of alkyl halides is 2. The number of rotatable bonds is 3. The van der Waals surface area contributed by atoms with Crippen molar-refractivity contribution >= 4 is 16.1 Å². The number of hydrogen-bond acceptors (Lipinski definition) is 4. The topological polar surface area (TPSA) is 80.7 Å². The van der Waals surface area contributed by atoms with E-state index in [4.69, 9.17) is 9.29 Å². The smallest absolute Gasteiger partial charge is 0.456 e. The molecule has 2 aliphatic carbocycles. The fourth-order valence-electron chi connectivity index (χ4n) is 3.83. The van der Waals surface area contributed by atoms with E-state index in [1.165, 1.54) is 0 Å². The van der Waals surface area contributed by atoms with Crippen LogP contribution in [0.1, 0.15) is 40.0 Å². The molecule has 0 spiro atoms. The summed E-state index contributed by atoms with van der Waals surface area (Å²) < 4.78 is 61.0. The minimum absolute atomic E-state index is 0.254. The molecule has 0 heterocycles. The number of ether oxygens (including phenoxy) is 1. The van der Waals surface area contributed by atoms with E-state index in [2.05, 4.69) is 0 Å². The van der Waals surface area contributed by atoms with Crippen LogP contribution in [0.15, 0.2) is 0 Å².